The maximum atomic E-state index is 13.7. The SMILES string of the molecule is COc1ncc(-c2cnc(N(C(=O)N3CCC3)[C@H]3CC[C@H](Nc4ncc(C(F)(F)F)c(-c5n[nH]cc5Cl)n4)CC3)cn2)cn1. The molecular weight excluding hydrogens is 603 g/mol. The van der Waals surface area contributed by atoms with Gasteiger partial charge in [-0.2, -0.15) is 18.3 Å². The fourth-order valence-electron chi connectivity index (χ4n) is 5.19. The van der Waals surface area contributed by atoms with Crippen LogP contribution in [0.15, 0.2) is 37.2 Å². The molecule has 4 aromatic heterocycles. The molecular formula is C27H27ClF3N11O2. The summed E-state index contributed by atoms with van der Waals surface area (Å²) in [6, 6.07) is -0.177. The third kappa shape index (κ3) is 6.06. The third-order valence-electron chi connectivity index (χ3n) is 7.63. The fourth-order valence-corrected chi connectivity index (χ4v) is 5.37. The molecule has 1 aliphatic heterocycles. The molecule has 17 heteroatoms. The fraction of sp³-hybridized carbons (Fsp3) is 0.407. The predicted molar refractivity (Wildman–Crippen MR) is 153 cm³/mol. The van der Waals surface area contributed by atoms with E-state index in [4.69, 9.17) is 16.3 Å². The van der Waals surface area contributed by atoms with Gasteiger partial charge < -0.3 is 15.0 Å². The number of methoxy groups -OCH3 is 1. The van der Waals surface area contributed by atoms with Crippen molar-refractivity contribution in [1.82, 2.24) is 45.0 Å². The van der Waals surface area contributed by atoms with Gasteiger partial charge in [0, 0.05) is 55.5 Å². The van der Waals surface area contributed by atoms with Crippen LogP contribution in [0.25, 0.3) is 22.6 Å². The first-order valence-electron chi connectivity index (χ1n) is 13.9. The summed E-state index contributed by atoms with van der Waals surface area (Å²) in [5.74, 6) is 0.469. The number of hydrogen-bond acceptors (Lipinski definition) is 10. The van der Waals surface area contributed by atoms with E-state index >= 15 is 0 Å². The van der Waals surface area contributed by atoms with E-state index in [9.17, 15) is 18.0 Å². The van der Waals surface area contributed by atoms with E-state index in [0.29, 0.717) is 55.8 Å². The van der Waals surface area contributed by atoms with Crippen LogP contribution in [0.4, 0.5) is 29.7 Å². The largest absolute Gasteiger partial charge is 0.467 e. The average Bonchev–Trinajstić information content (AvgIpc) is 3.43. The lowest BCUT2D eigenvalue weighted by Gasteiger charge is -2.41. The number of aromatic nitrogens is 8. The summed E-state index contributed by atoms with van der Waals surface area (Å²) in [4.78, 5) is 42.3. The molecule has 13 nitrogen and oxygen atoms in total. The Kier molecular flexibility index (Phi) is 8.16. The van der Waals surface area contributed by atoms with Crippen LogP contribution >= 0.6 is 11.6 Å². The number of urea groups is 1. The first-order chi connectivity index (χ1) is 21.2. The molecule has 230 valence electrons. The van der Waals surface area contributed by atoms with Crippen LogP contribution in [0.2, 0.25) is 5.02 Å². The van der Waals surface area contributed by atoms with Crippen LogP contribution < -0.4 is 15.0 Å². The van der Waals surface area contributed by atoms with Crippen LogP contribution in [0.5, 0.6) is 6.01 Å². The summed E-state index contributed by atoms with van der Waals surface area (Å²) in [7, 11) is 1.48. The summed E-state index contributed by atoms with van der Waals surface area (Å²) in [5, 5.41) is 9.47. The highest BCUT2D eigenvalue weighted by molar-refractivity contribution is 6.32. The van der Waals surface area contributed by atoms with Crippen molar-refractivity contribution in [1.29, 1.82) is 0 Å². The van der Waals surface area contributed by atoms with Gasteiger partial charge in [0.1, 0.15) is 17.0 Å². The second-order valence-electron chi connectivity index (χ2n) is 10.4. The molecule has 2 amide bonds. The predicted octanol–water partition coefficient (Wildman–Crippen LogP) is 4.85. The van der Waals surface area contributed by atoms with E-state index in [1.165, 1.54) is 13.3 Å². The number of rotatable bonds is 7. The van der Waals surface area contributed by atoms with Crippen molar-refractivity contribution in [2.45, 2.75) is 50.4 Å². The number of anilines is 2. The van der Waals surface area contributed by atoms with E-state index in [1.807, 2.05) is 0 Å². The number of halogens is 4. The van der Waals surface area contributed by atoms with Gasteiger partial charge in [-0.25, -0.2) is 29.7 Å². The van der Waals surface area contributed by atoms with Crippen LogP contribution in [0.3, 0.4) is 0 Å². The van der Waals surface area contributed by atoms with Gasteiger partial charge in [0.15, 0.2) is 5.82 Å². The normalized spacial score (nSPS) is 18.4. The van der Waals surface area contributed by atoms with Gasteiger partial charge in [0.05, 0.1) is 30.2 Å². The van der Waals surface area contributed by atoms with Crippen LogP contribution in [-0.4, -0.2) is 83.3 Å². The lowest BCUT2D eigenvalue weighted by Crippen LogP contribution is -2.54. The van der Waals surface area contributed by atoms with Crippen LogP contribution in [-0.2, 0) is 6.18 Å². The smallest absolute Gasteiger partial charge is 0.420 e. The quantitative estimate of drug-likeness (QED) is 0.290. The van der Waals surface area contributed by atoms with E-state index in [0.717, 1.165) is 12.6 Å². The Hall–Kier alpha value is -4.60. The molecule has 0 atom stereocenters. The van der Waals surface area contributed by atoms with Gasteiger partial charge in [-0.1, -0.05) is 11.6 Å². The molecule has 2 fully saturated rings. The van der Waals surface area contributed by atoms with Crippen LogP contribution in [0, 0.1) is 0 Å². The first-order valence-corrected chi connectivity index (χ1v) is 14.3. The minimum Gasteiger partial charge on any atom is -0.467 e. The van der Waals surface area contributed by atoms with E-state index < -0.39 is 17.4 Å². The van der Waals surface area contributed by atoms with Gasteiger partial charge in [0.25, 0.3) is 0 Å². The molecule has 4 aromatic rings. The third-order valence-corrected chi connectivity index (χ3v) is 7.92. The van der Waals surface area contributed by atoms with Gasteiger partial charge in [-0.05, 0) is 32.1 Å². The topological polar surface area (TPSA) is 151 Å². The Balaban J connectivity index is 1.17. The number of ether oxygens (including phenoxy) is 1. The second-order valence-corrected chi connectivity index (χ2v) is 10.8. The summed E-state index contributed by atoms with van der Waals surface area (Å²) >= 11 is 6.05. The highest BCUT2D eigenvalue weighted by Gasteiger charge is 2.38. The molecule has 0 aromatic carbocycles. The maximum Gasteiger partial charge on any atom is 0.420 e. The number of H-pyrrole nitrogens is 1. The zero-order chi connectivity index (χ0) is 30.8. The van der Waals surface area contributed by atoms with Crippen molar-refractivity contribution in [3.05, 3.63) is 47.8 Å². The number of carbonyl (C=O) groups excluding carboxylic acids is 1. The average molecular weight is 630 g/mol. The molecule has 6 rings (SSSR count). The standard InChI is InChI=1S/C27H27ClF3N11O2/c1-44-25-35-9-15(10-36-25)20-13-33-21(14-32-20)42(26(43)41-7-2-8-41)17-5-3-16(4-6-17)38-24-34-11-18(27(29,30)31)22(39-24)23-19(28)12-37-40-23/h9-14,16-17H,2-8H2,1H3,(H,37,40)(H,34,38,39)/t16-,17-. The number of nitrogens with one attached hydrogen (secondary N) is 2. The Morgan fingerprint density at radius 1 is 1.02 bits per heavy atom. The second kappa shape index (κ2) is 12.2. The Morgan fingerprint density at radius 3 is 2.34 bits per heavy atom. The number of likely N-dealkylation sites (tertiary alicyclic amines) is 1. The van der Waals surface area contributed by atoms with Crippen molar-refractivity contribution in [2.75, 3.05) is 30.4 Å². The minimum atomic E-state index is -4.69. The molecule has 2 aliphatic rings. The van der Waals surface area contributed by atoms with Gasteiger partial charge in [0.2, 0.25) is 5.95 Å². The molecule has 0 radical (unpaired) electrons. The van der Waals surface area contributed by atoms with Gasteiger partial charge in [-0.15, -0.1) is 0 Å². The number of carbonyl (C=O) groups is 1. The van der Waals surface area contributed by atoms with E-state index in [2.05, 4.69) is 45.4 Å². The number of aromatic amines is 1. The lowest BCUT2D eigenvalue weighted by atomic mass is 9.90. The number of nitrogens with zero attached hydrogens (tertiary/aromatic N) is 9. The first kappa shape index (κ1) is 29.5. The Bertz CT molecular complexity index is 1610. The van der Waals surface area contributed by atoms with E-state index in [1.54, 1.807) is 34.6 Å². The van der Waals surface area contributed by atoms with Crippen LogP contribution in [0.1, 0.15) is 37.7 Å². The van der Waals surface area contributed by atoms with Crippen molar-refractivity contribution < 1.29 is 22.7 Å². The Morgan fingerprint density at radius 2 is 1.77 bits per heavy atom. The van der Waals surface area contributed by atoms with E-state index in [-0.39, 0.29) is 40.8 Å². The molecule has 44 heavy (non-hydrogen) atoms. The zero-order valence-corrected chi connectivity index (χ0v) is 24.2. The van der Waals surface area contributed by atoms with Crippen molar-refractivity contribution in [3.63, 3.8) is 0 Å². The van der Waals surface area contributed by atoms with Gasteiger partial charge in [-0.3, -0.25) is 15.0 Å². The summed E-state index contributed by atoms with van der Waals surface area (Å²) in [6.07, 6.45) is 7.05. The number of hydrogen-bond donors (Lipinski definition) is 2. The lowest BCUT2D eigenvalue weighted by molar-refractivity contribution is -0.137. The zero-order valence-electron chi connectivity index (χ0n) is 23.4. The van der Waals surface area contributed by atoms with Crippen molar-refractivity contribution in [2.24, 2.45) is 0 Å². The molecule has 1 aliphatic carbocycles. The molecule has 5 heterocycles. The number of alkyl halides is 3. The summed E-state index contributed by atoms with van der Waals surface area (Å²) in [5.41, 5.74) is -0.357. The Labute approximate surface area is 254 Å². The molecule has 1 saturated heterocycles. The maximum absolute atomic E-state index is 13.7. The number of amides is 2. The van der Waals surface area contributed by atoms with Crippen molar-refractivity contribution >= 4 is 29.4 Å². The van der Waals surface area contributed by atoms with Gasteiger partial charge >= 0.3 is 18.2 Å². The molecule has 0 bridgehead atoms. The monoisotopic (exact) mass is 629 g/mol. The molecule has 0 unspecified atom stereocenters. The summed E-state index contributed by atoms with van der Waals surface area (Å²) in [6.45, 7) is 1.35. The van der Waals surface area contributed by atoms with Crippen molar-refractivity contribution in [3.8, 4) is 28.7 Å². The molecule has 2 N–H and O–H groups in total. The highest BCUT2D eigenvalue weighted by Crippen LogP contribution is 2.38. The summed E-state index contributed by atoms with van der Waals surface area (Å²) < 4.78 is 46.0. The molecule has 1 saturated carbocycles. The minimum absolute atomic E-state index is 0.0149. The highest BCUT2D eigenvalue weighted by atomic mass is 35.5. The molecule has 0 spiro atoms.